The SMILES string of the molecule is Cc1cc(Cl)ccc1NC(=S)NN=Cc1ccc2c(ccc3c2ncn3-c2ccc(OC(F)(F)F)cc2)c1. The second-order valence-corrected chi connectivity index (χ2v) is 9.20. The highest BCUT2D eigenvalue weighted by Gasteiger charge is 2.31. The summed E-state index contributed by atoms with van der Waals surface area (Å²) in [6, 6.07) is 20.8. The van der Waals surface area contributed by atoms with Crippen molar-refractivity contribution in [3.8, 4) is 11.4 Å². The summed E-state index contributed by atoms with van der Waals surface area (Å²) >= 11 is 11.3. The first-order valence-corrected chi connectivity index (χ1v) is 12.1. The lowest BCUT2D eigenvalue weighted by molar-refractivity contribution is -0.274. The number of aryl methyl sites for hydroxylation is 1. The third-order valence-electron chi connectivity index (χ3n) is 5.72. The number of fused-ring (bicyclic) bond motifs is 3. The fraction of sp³-hybridized carbons (Fsp3) is 0.0741. The summed E-state index contributed by atoms with van der Waals surface area (Å²) in [5.74, 6) is -0.281. The van der Waals surface area contributed by atoms with E-state index in [9.17, 15) is 13.2 Å². The molecule has 5 aromatic rings. The van der Waals surface area contributed by atoms with Crippen LogP contribution in [-0.4, -0.2) is 27.2 Å². The van der Waals surface area contributed by atoms with Gasteiger partial charge in [-0.25, -0.2) is 4.98 Å². The van der Waals surface area contributed by atoms with E-state index in [-0.39, 0.29) is 5.75 Å². The number of imidazole rings is 1. The number of hydrogen-bond donors (Lipinski definition) is 2. The zero-order chi connectivity index (χ0) is 26.9. The smallest absolute Gasteiger partial charge is 0.406 e. The Kier molecular flexibility index (Phi) is 6.92. The van der Waals surface area contributed by atoms with E-state index in [0.717, 1.165) is 38.6 Å². The lowest BCUT2D eigenvalue weighted by Crippen LogP contribution is -2.24. The summed E-state index contributed by atoms with van der Waals surface area (Å²) in [6.45, 7) is 1.93. The van der Waals surface area contributed by atoms with Gasteiger partial charge in [-0.1, -0.05) is 29.8 Å². The maximum atomic E-state index is 12.4. The van der Waals surface area contributed by atoms with Crippen LogP contribution in [0.5, 0.6) is 5.75 Å². The van der Waals surface area contributed by atoms with E-state index in [1.54, 1.807) is 30.7 Å². The third-order valence-corrected chi connectivity index (χ3v) is 6.15. The van der Waals surface area contributed by atoms with Crippen molar-refractivity contribution in [1.82, 2.24) is 15.0 Å². The number of aromatic nitrogens is 2. The van der Waals surface area contributed by atoms with Crippen LogP contribution in [0, 0.1) is 6.92 Å². The van der Waals surface area contributed by atoms with Crippen LogP contribution in [0.15, 0.2) is 84.2 Å². The summed E-state index contributed by atoms with van der Waals surface area (Å²) in [7, 11) is 0. The predicted octanol–water partition coefficient (Wildman–Crippen LogP) is 7.36. The molecule has 0 aliphatic carbocycles. The summed E-state index contributed by atoms with van der Waals surface area (Å²) in [5, 5.41) is 10.2. The summed E-state index contributed by atoms with van der Waals surface area (Å²) in [6.07, 6.45) is -1.43. The lowest BCUT2D eigenvalue weighted by atomic mass is 10.1. The summed E-state index contributed by atoms with van der Waals surface area (Å²) < 4.78 is 43.1. The van der Waals surface area contributed by atoms with Gasteiger partial charge in [-0.3, -0.25) is 9.99 Å². The molecule has 0 fully saturated rings. The predicted molar refractivity (Wildman–Crippen MR) is 148 cm³/mol. The van der Waals surface area contributed by atoms with Crippen LogP contribution in [0.4, 0.5) is 18.9 Å². The van der Waals surface area contributed by atoms with Crippen LogP contribution in [0.2, 0.25) is 5.02 Å². The molecule has 11 heteroatoms. The molecule has 5 rings (SSSR count). The molecule has 0 aliphatic heterocycles. The lowest BCUT2D eigenvalue weighted by Gasteiger charge is -2.10. The largest absolute Gasteiger partial charge is 0.573 e. The van der Waals surface area contributed by atoms with Gasteiger partial charge in [0.05, 0.1) is 17.2 Å². The molecule has 38 heavy (non-hydrogen) atoms. The topological polar surface area (TPSA) is 63.5 Å². The fourth-order valence-electron chi connectivity index (χ4n) is 4.01. The number of nitrogens with zero attached hydrogens (tertiary/aromatic N) is 3. The number of thiocarbonyl (C=S) groups is 1. The van der Waals surface area contributed by atoms with Crippen LogP contribution >= 0.6 is 23.8 Å². The molecular weight excluding hydrogens is 535 g/mol. The van der Waals surface area contributed by atoms with Crippen molar-refractivity contribution in [2.24, 2.45) is 5.10 Å². The molecule has 0 saturated carbocycles. The van der Waals surface area contributed by atoms with Gasteiger partial charge < -0.3 is 10.1 Å². The average Bonchev–Trinajstić information content (AvgIpc) is 3.30. The molecule has 0 unspecified atom stereocenters. The molecule has 6 nitrogen and oxygen atoms in total. The summed E-state index contributed by atoms with van der Waals surface area (Å²) in [5.41, 5.74) is 7.70. The number of rotatable bonds is 5. The minimum atomic E-state index is -4.74. The van der Waals surface area contributed by atoms with Crippen LogP contribution in [0.3, 0.4) is 0 Å². The Morgan fingerprint density at radius 2 is 1.84 bits per heavy atom. The van der Waals surface area contributed by atoms with Crippen molar-refractivity contribution in [3.05, 3.63) is 95.3 Å². The van der Waals surface area contributed by atoms with Gasteiger partial charge in [-0.05, 0) is 90.3 Å². The number of hydrogen-bond acceptors (Lipinski definition) is 4. The van der Waals surface area contributed by atoms with E-state index in [4.69, 9.17) is 23.8 Å². The Labute approximate surface area is 225 Å². The number of benzene rings is 4. The van der Waals surface area contributed by atoms with Crippen molar-refractivity contribution in [3.63, 3.8) is 0 Å². The normalized spacial score (nSPS) is 11.8. The summed E-state index contributed by atoms with van der Waals surface area (Å²) in [4.78, 5) is 4.54. The molecular formula is C27H19ClF3N5OS. The molecule has 1 heterocycles. The number of halogens is 4. The van der Waals surface area contributed by atoms with E-state index < -0.39 is 6.36 Å². The minimum absolute atomic E-state index is 0.281. The van der Waals surface area contributed by atoms with Gasteiger partial charge in [0.2, 0.25) is 0 Å². The standard InChI is InChI=1S/C27H19ClF3N5OS/c1-16-12-19(28)4-10-23(16)34-26(38)35-33-14-17-2-9-22-18(13-17)3-11-24-25(22)32-15-36(24)20-5-7-21(8-6-20)37-27(29,30)31/h2-15H,1H3,(H2,34,35,38). The number of hydrazone groups is 1. The monoisotopic (exact) mass is 553 g/mol. The second-order valence-electron chi connectivity index (χ2n) is 8.35. The molecule has 2 N–H and O–H groups in total. The molecule has 0 aliphatic rings. The van der Waals surface area contributed by atoms with Crippen molar-refractivity contribution >= 4 is 62.6 Å². The Balaban J connectivity index is 1.31. The van der Waals surface area contributed by atoms with E-state index in [1.807, 2.05) is 54.0 Å². The highest BCUT2D eigenvalue weighted by atomic mass is 35.5. The minimum Gasteiger partial charge on any atom is -0.406 e. The Morgan fingerprint density at radius 1 is 1.05 bits per heavy atom. The fourth-order valence-corrected chi connectivity index (χ4v) is 4.39. The highest BCUT2D eigenvalue weighted by molar-refractivity contribution is 7.80. The number of anilines is 1. The molecule has 1 aromatic heterocycles. The Bertz CT molecular complexity index is 1680. The van der Waals surface area contributed by atoms with Gasteiger partial charge >= 0.3 is 6.36 Å². The van der Waals surface area contributed by atoms with E-state index in [2.05, 4.69) is 25.6 Å². The Hall–Kier alpha value is -4.15. The zero-order valence-electron chi connectivity index (χ0n) is 19.8. The molecule has 0 atom stereocenters. The van der Waals surface area contributed by atoms with Gasteiger partial charge in [0.15, 0.2) is 5.11 Å². The van der Waals surface area contributed by atoms with Gasteiger partial charge in [0.1, 0.15) is 12.1 Å². The van der Waals surface area contributed by atoms with Gasteiger partial charge in [0.25, 0.3) is 0 Å². The zero-order valence-corrected chi connectivity index (χ0v) is 21.3. The molecule has 0 radical (unpaired) electrons. The third kappa shape index (κ3) is 5.71. The first-order valence-electron chi connectivity index (χ1n) is 11.3. The molecule has 0 saturated heterocycles. The van der Waals surface area contributed by atoms with Gasteiger partial charge in [-0.15, -0.1) is 13.2 Å². The number of ether oxygens (including phenoxy) is 1. The van der Waals surface area contributed by atoms with E-state index in [1.165, 1.54) is 12.1 Å². The number of alkyl halides is 3. The van der Waals surface area contributed by atoms with Crippen LogP contribution in [0.25, 0.3) is 27.5 Å². The molecule has 0 amide bonds. The van der Waals surface area contributed by atoms with Crippen LogP contribution in [-0.2, 0) is 0 Å². The number of nitrogens with one attached hydrogen (secondary N) is 2. The molecule has 4 aromatic carbocycles. The van der Waals surface area contributed by atoms with Gasteiger partial charge in [0, 0.05) is 21.8 Å². The van der Waals surface area contributed by atoms with Crippen LogP contribution in [0.1, 0.15) is 11.1 Å². The first kappa shape index (κ1) is 25.5. The maximum Gasteiger partial charge on any atom is 0.573 e. The van der Waals surface area contributed by atoms with Gasteiger partial charge in [-0.2, -0.15) is 5.10 Å². The van der Waals surface area contributed by atoms with Crippen molar-refractivity contribution < 1.29 is 17.9 Å². The first-order chi connectivity index (χ1) is 18.2. The van der Waals surface area contributed by atoms with Crippen molar-refractivity contribution in [2.75, 3.05) is 5.32 Å². The van der Waals surface area contributed by atoms with Crippen molar-refractivity contribution in [2.45, 2.75) is 13.3 Å². The van der Waals surface area contributed by atoms with E-state index in [0.29, 0.717) is 15.8 Å². The molecule has 0 bridgehead atoms. The second kappa shape index (κ2) is 10.3. The quantitative estimate of drug-likeness (QED) is 0.135. The Morgan fingerprint density at radius 3 is 2.58 bits per heavy atom. The van der Waals surface area contributed by atoms with Crippen molar-refractivity contribution in [1.29, 1.82) is 0 Å². The van der Waals surface area contributed by atoms with E-state index >= 15 is 0 Å². The molecule has 192 valence electrons. The maximum absolute atomic E-state index is 12.4. The average molecular weight is 554 g/mol. The van der Waals surface area contributed by atoms with Crippen LogP contribution < -0.4 is 15.5 Å². The molecule has 0 spiro atoms. The highest BCUT2D eigenvalue weighted by Crippen LogP contribution is 2.29.